The number of hydrogen-bond acceptors (Lipinski definition) is 3. The summed E-state index contributed by atoms with van der Waals surface area (Å²) >= 11 is 0. The fourth-order valence-corrected chi connectivity index (χ4v) is 1.77. The van der Waals surface area contributed by atoms with Crippen molar-refractivity contribution in [2.75, 3.05) is 12.3 Å². The van der Waals surface area contributed by atoms with Crippen LogP contribution in [0.5, 0.6) is 0 Å². The first-order valence-corrected chi connectivity index (χ1v) is 5.99. The molecule has 5 nitrogen and oxygen atoms in total. The highest BCUT2D eigenvalue weighted by Gasteiger charge is 2.19. The van der Waals surface area contributed by atoms with Crippen molar-refractivity contribution in [3.8, 4) is 0 Å². The number of aryl methyl sites for hydroxylation is 1. The fraction of sp³-hybridized carbons (Fsp3) is 0.231. The molecule has 7 heteroatoms. The van der Waals surface area contributed by atoms with E-state index >= 15 is 0 Å². The van der Waals surface area contributed by atoms with E-state index in [2.05, 4.69) is 10.4 Å². The number of carbonyl (C=O) groups is 1. The normalized spacial score (nSPS) is 10.6. The maximum Gasteiger partial charge on any atom is 0.257 e. The van der Waals surface area contributed by atoms with E-state index in [9.17, 15) is 13.6 Å². The minimum atomic E-state index is -1.04. The first kappa shape index (κ1) is 14.0. The molecule has 3 N–H and O–H groups in total. The van der Waals surface area contributed by atoms with Crippen LogP contribution in [0.2, 0.25) is 0 Å². The number of aromatic nitrogens is 2. The van der Waals surface area contributed by atoms with Gasteiger partial charge >= 0.3 is 0 Å². The Bertz CT molecular complexity index is 639. The molecule has 0 saturated carbocycles. The molecule has 1 amide bonds. The predicted molar refractivity (Wildman–Crippen MR) is 70.0 cm³/mol. The molecular formula is C13H14F2N4O. The number of nitrogens with two attached hydrogens (primary N) is 1. The second-order valence-electron chi connectivity index (χ2n) is 4.31. The van der Waals surface area contributed by atoms with E-state index in [1.165, 1.54) is 0 Å². The number of carbonyl (C=O) groups excluding carboxylic acids is 1. The fourth-order valence-electron chi connectivity index (χ4n) is 1.77. The number of nitrogen functional groups attached to an aromatic ring is 1. The van der Waals surface area contributed by atoms with Gasteiger partial charge in [0.05, 0.1) is 11.4 Å². The van der Waals surface area contributed by atoms with Crippen molar-refractivity contribution in [3.05, 3.63) is 47.3 Å². The Morgan fingerprint density at radius 2 is 2.15 bits per heavy atom. The number of rotatable bonds is 4. The number of halogens is 2. The van der Waals surface area contributed by atoms with Gasteiger partial charge in [0.25, 0.3) is 5.91 Å². The van der Waals surface area contributed by atoms with Gasteiger partial charge in [-0.15, -0.1) is 0 Å². The SMILES string of the molecule is Cn1ccc(CCNC(=O)c2c(F)ccc(N)c2F)n1. The smallest absolute Gasteiger partial charge is 0.257 e. The number of amides is 1. The molecule has 0 atom stereocenters. The van der Waals surface area contributed by atoms with Gasteiger partial charge in [0, 0.05) is 26.2 Å². The van der Waals surface area contributed by atoms with Crippen molar-refractivity contribution in [1.82, 2.24) is 15.1 Å². The summed E-state index contributed by atoms with van der Waals surface area (Å²) in [4.78, 5) is 11.8. The van der Waals surface area contributed by atoms with Gasteiger partial charge in [-0.3, -0.25) is 9.48 Å². The molecule has 0 spiro atoms. The van der Waals surface area contributed by atoms with Gasteiger partial charge in [-0.05, 0) is 18.2 Å². The van der Waals surface area contributed by atoms with Gasteiger partial charge in [0.1, 0.15) is 11.4 Å². The van der Waals surface area contributed by atoms with Crippen molar-refractivity contribution in [3.63, 3.8) is 0 Å². The lowest BCUT2D eigenvalue weighted by molar-refractivity contribution is 0.0946. The summed E-state index contributed by atoms with van der Waals surface area (Å²) in [5.74, 6) is -2.81. The molecule has 106 valence electrons. The summed E-state index contributed by atoms with van der Waals surface area (Å²) in [6, 6.07) is 3.84. The van der Waals surface area contributed by atoms with Crippen molar-refractivity contribution in [1.29, 1.82) is 0 Å². The van der Waals surface area contributed by atoms with Crippen LogP contribution in [-0.4, -0.2) is 22.2 Å². The third-order valence-electron chi connectivity index (χ3n) is 2.78. The summed E-state index contributed by atoms with van der Waals surface area (Å²) in [7, 11) is 1.78. The second-order valence-corrected chi connectivity index (χ2v) is 4.31. The van der Waals surface area contributed by atoms with Crippen molar-refractivity contribution >= 4 is 11.6 Å². The van der Waals surface area contributed by atoms with E-state index in [0.717, 1.165) is 17.8 Å². The lowest BCUT2D eigenvalue weighted by Crippen LogP contribution is -2.28. The molecule has 0 fully saturated rings. The van der Waals surface area contributed by atoms with Crippen molar-refractivity contribution in [2.45, 2.75) is 6.42 Å². The van der Waals surface area contributed by atoms with Crippen LogP contribution >= 0.6 is 0 Å². The lowest BCUT2D eigenvalue weighted by Gasteiger charge is -2.07. The Morgan fingerprint density at radius 3 is 2.80 bits per heavy atom. The van der Waals surface area contributed by atoms with E-state index in [0.29, 0.717) is 6.42 Å². The van der Waals surface area contributed by atoms with E-state index < -0.39 is 23.1 Å². The number of hydrogen-bond donors (Lipinski definition) is 2. The van der Waals surface area contributed by atoms with Crippen LogP contribution in [0.4, 0.5) is 14.5 Å². The predicted octanol–water partition coefficient (Wildman–Crippen LogP) is 1.25. The van der Waals surface area contributed by atoms with Gasteiger partial charge in [0.2, 0.25) is 0 Å². The third-order valence-corrected chi connectivity index (χ3v) is 2.78. The molecule has 0 radical (unpaired) electrons. The van der Waals surface area contributed by atoms with Crippen LogP contribution in [0.25, 0.3) is 0 Å². The number of anilines is 1. The maximum atomic E-state index is 13.6. The summed E-state index contributed by atoms with van der Waals surface area (Å²) in [6.07, 6.45) is 2.24. The largest absolute Gasteiger partial charge is 0.396 e. The zero-order chi connectivity index (χ0) is 14.7. The Balaban J connectivity index is 2.00. The molecule has 0 bridgehead atoms. The highest BCUT2D eigenvalue weighted by Crippen LogP contribution is 2.18. The minimum absolute atomic E-state index is 0.226. The van der Waals surface area contributed by atoms with E-state index in [1.807, 2.05) is 0 Å². The van der Waals surface area contributed by atoms with Crippen LogP contribution < -0.4 is 11.1 Å². The van der Waals surface area contributed by atoms with E-state index in [-0.39, 0.29) is 12.2 Å². The van der Waals surface area contributed by atoms with Gasteiger partial charge in [-0.1, -0.05) is 0 Å². The molecule has 0 saturated heterocycles. The molecule has 2 rings (SSSR count). The molecule has 0 aliphatic carbocycles. The van der Waals surface area contributed by atoms with Gasteiger partial charge in [-0.25, -0.2) is 8.78 Å². The molecule has 1 aromatic heterocycles. The summed E-state index contributed by atoms with van der Waals surface area (Å²) in [5.41, 5.74) is 5.17. The number of nitrogens with zero attached hydrogens (tertiary/aromatic N) is 2. The van der Waals surface area contributed by atoms with E-state index in [1.54, 1.807) is 24.0 Å². The molecule has 0 unspecified atom stereocenters. The van der Waals surface area contributed by atoms with Gasteiger partial charge < -0.3 is 11.1 Å². The topological polar surface area (TPSA) is 72.9 Å². The van der Waals surface area contributed by atoms with Crippen LogP contribution in [0.1, 0.15) is 16.1 Å². The van der Waals surface area contributed by atoms with Gasteiger partial charge in [0.15, 0.2) is 5.82 Å². The molecule has 1 aromatic carbocycles. The van der Waals surface area contributed by atoms with Crippen LogP contribution in [0.15, 0.2) is 24.4 Å². The van der Waals surface area contributed by atoms with E-state index in [4.69, 9.17) is 5.73 Å². The molecular weight excluding hydrogens is 266 g/mol. The lowest BCUT2D eigenvalue weighted by atomic mass is 10.1. The molecule has 20 heavy (non-hydrogen) atoms. The Kier molecular flexibility index (Phi) is 3.97. The van der Waals surface area contributed by atoms with Crippen molar-refractivity contribution in [2.24, 2.45) is 7.05 Å². The molecule has 0 aliphatic heterocycles. The number of nitrogens with one attached hydrogen (secondary N) is 1. The van der Waals surface area contributed by atoms with Crippen LogP contribution in [0, 0.1) is 11.6 Å². The second kappa shape index (κ2) is 5.68. The highest BCUT2D eigenvalue weighted by atomic mass is 19.1. The van der Waals surface area contributed by atoms with Crippen molar-refractivity contribution < 1.29 is 13.6 Å². The minimum Gasteiger partial charge on any atom is -0.396 e. The Hall–Kier alpha value is -2.44. The standard InChI is InChI=1S/C13H14F2N4O/c1-19-7-5-8(18-19)4-6-17-13(20)11-9(14)2-3-10(16)12(11)15/h2-3,5,7H,4,6,16H2,1H3,(H,17,20). The maximum absolute atomic E-state index is 13.6. The van der Waals surface area contributed by atoms with Crippen LogP contribution in [-0.2, 0) is 13.5 Å². The average Bonchev–Trinajstić information content (AvgIpc) is 2.80. The van der Waals surface area contributed by atoms with Gasteiger partial charge in [-0.2, -0.15) is 5.10 Å². The first-order valence-electron chi connectivity index (χ1n) is 5.99. The quantitative estimate of drug-likeness (QED) is 0.828. The number of benzene rings is 1. The third kappa shape index (κ3) is 2.93. The highest BCUT2D eigenvalue weighted by molar-refractivity contribution is 5.95. The first-order chi connectivity index (χ1) is 9.49. The summed E-state index contributed by atoms with van der Waals surface area (Å²) < 4.78 is 28.7. The molecule has 1 heterocycles. The monoisotopic (exact) mass is 280 g/mol. The Labute approximate surface area is 114 Å². The molecule has 0 aliphatic rings. The average molecular weight is 280 g/mol. The summed E-state index contributed by atoms with van der Waals surface area (Å²) in [6.45, 7) is 0.226. The zero-order valence-corrected chi connectivity index (χ0v) is 10.9. The molecule has 2 aromatic rings. The van der Waals surface area contributed by atoms with Crippen LogP contribution in [0.3, 0.4) is 0 Å². The Morgan fingerprint density at radius 1 is 1.40 bits per heavy atom. The zero-order valence-electron chi connectivity index (χ0n) is 10.9. The summed E-state index contributed by atoms with van der Waals surface area (Å²) in [5, 5.41) is 6.57.